The van der Waals surface area contributed by atoms with Gasteiger partial charge < -0.3 is 9.47 Å². The highest BCUT2D eigenvalue weighted by molar-refractivity contribution is 5.66. The Hall–Kier alpha value is -1.06. The second-order valence-electron chi connectivity index (χ2n) is 6.21. The zero-order valence-corrected chi connectivity index (χ0v) is 12.2. The van der Waals surface area contributed by atoms with Crippen molar-refractivity contribution in [3.63, 3.8) is 0 Å². The predicted molar refractivity (Wildman–Crippen MR) is 70.2 cm³/mol. The molecule has 0 aliphatic heterocycles. The normalized spacial score (nSPS) is 40.2. The van der Waals surface area contributed by atoms with Gasteiger partial charge in [-0.15, -0.1) is 0 Å². The zero-order chi connectivity index (χ0) is 14.2. The van der Waals surface area contributed by atoms with E-state index in [1.807, 2.05) is 0 Å². The average molecular weight is 268 g/mol. The van der Waals surface area contributed by atoms with E-state index in [0.29, 0.717) is 48.7 Å². The lowest BCUT2D eigenvalue weighted by molar-refractivity contribution is -0.149. The monoisotopic (exact) mass is 268 g/mol. The maximum absolute atomic E-state index is 11.0. The number of rotatable bonds is 4. The van der Waals surface area contributed by atoms with Crippen LogP contribution in [-0.4, -0.2) is 25.2 Å². The van der Waals surface area contributed by atoms with Gasteiger partial charge in [0.15, 0.2) is 0 Å². The fraction of sp³-hybridized carbons (Fsp3) is 0.867. The van der Waals surface area contributed by atoms with Gasteiger partial charge in [0.2, 0.25) is 0 Å². The van der Waals surface area contributed by atoms with Crippen LogP contribution in [0.25, 0.3) is 0 Å². The van der Waals surface area contributed by atoms with Crippen LogP contribution < -0.4 is 0 Å². The van der Waals surface area contributed by atoms with E-state index in [0.717, 1.165) is 0 Å². The molecule has 0 saturated heterocycles. The van der Waals surface area contributed by atoms with Gasteiger partial charge in [0, 0.05) is 25.7 Å². The van der Waals surface area contributed by atoms with Crippen molar-refractivity contribution in [1.29, 1.82) is 0 Å². The van der Waals surface area contributed by atoms with E-state index >= 15 is 0 Å². The molecule has 6 unspecified atom stereocenters. The summed E-state index contributed by atoms with van der Waals surface area (Å²) in [5.41, 5.74) is 0. The number of esters is 2. The fourth-order valence-corrected chi connectivity index (χ4v) is 4.21. The van der Waals surface area contributed by atoms with Gasteiger partial charge in [0.05, 0.1) is 13.2 Å². The molecule has 2 aliphatic carbocycles. The second-order valence-corrected chi connectivity index (χ2v) is 6.21. The van der Waals surface area contributed by atoms with Crippen LogP contribution in [-0.2, 0) is 19.1 Å². The van der Waals surface area contributed by atoms with Crippen molar-refractivity contribution in [2.45, 2.75) is 34.1 Å². The molecule has 0 N–H and O–H groups in total. The Kier molecular flexibility index (Phi) is 4.16. The van der Waals surface area contributed by atoms with Crippen LogP contribution in [0.15, 0.2) is 0 Å². The van der Waals surface area contributed by atoms with Crippen LogP contribution in [0.3, 0.4) is 0 Å². The summed E-state index contributed by atoms with van der Waals surface area (Å²) in [7, 11) is 0. The molecule has 0 amide bonds. The van der Waals surface area contributed by atoms with Crippen molar-refractivity contribution in [2.24, 2.45) is 35.5 Å². The van der Waals surface area contributed by atoms with E-state index in [4.69, 9.17) is 9.47 Å². The molecule has 4 heteroatoms. The van der Waals surface area contributed by atoms with Gasteiger partial charge in [-0.3, -0.25) is 9.59 Å². The highest BCUT2D eigenvalue weighted by atomic mass is 16.5. The summed E-state index contributed by atoms with van der Waals surface area (Å²) in [6, 6.07) is 0. The third kappa shape index (κ3) is 2.77. The molecule has 0 aromatic heterocycles. The lowest BCUT2D eigenvalue weighted by Gasteiger charge is -2.37. The molecule has 4 nitrogen and oxygen atoms in total. The summed E-state index contributed by atoms with van der Waals surface area (Å²) < 4.78 is 10.4. The molecule has 19 heavy (non-hydrogen) atoms. The van der Waals surface area contributed by atoms with Crippen LogP contribution in [0.5, 0.6) is 0 Å². The summed E-state index contributed by atoms with van der Waals surface area (Å²) in [6.07, 6.45) is 1.18. The minimum atomic E-state index is -0.227. The van der Waals surface area contributed by atoms with Gasteiger partial charge in [0.25, 0.3) is 0 Å². The summed E-state index contributed by atoms with van der Waals surface area (Å²) >= 11 is 0. The summed E-state index contributed by atoms with van der Waals surface area (Å²) in [5.74, 6) is 2.77. The van der Waals surface area contributed by atoms with E-state index in [1.165, 1.54) is 20.3 Å². The first-order chi connectivity index (χ1) is 8.91. The van der Waals surface area contributed by atoms with Gasteiger partial charge in [-0.2, -0.15) is 0 Å². The fourth-order valence-electron chi connectivity index (χ4n) is 4.21. The largest absolute Gasteiger partial charge is 0.466 e. The summed E-state index contributed by atoms with van der Waals surface area (Å²) in [6.45, 7) is 8.41. The Balaban J connectivity index is 2.04. The van der Waals surface area contributed by atoms with Crippen LogP contribution in [0.4, 0.5) is 0 Å². The van der Waals surface area contributed by atoms with E-state index in [2.05, 4.69) is 13.8 Å². The molecule has 2 saturated carbocycles. The molecule has 0 heterocycles. The van der Waals surface area contributed by atoms with Crippen molar-refractivity contribution < 1.29 is 19.1 Å². The maximum atomic E-state index is 11.0. The molecule has 0 radical (unpaired) electrons. The molecule has 0 spiro atoms. The third-order valence-corrected chi connectivity index (χ3v) is 5.33. The molecule has 2 aliphatic rings. The zero-order valence-electron chi connectivity index (χ0n) is 12.2. The van der Waals surface area contributed by atoms with Crippen molar-refractivity contribution in [3.05, 3.63) is 0 Å². The molecule has 0 aromatic carbocycles. The number of ether oxygens (including phenoxy) is 2. The van der Waals surface area contributed by atoms with Crippen molar-refractivity contribution in [2.75, 3.05) is 13.2 Å². The first-order valence-electron chi connectivity index (χ1n) is 7.18. The molecule has 2 bridgehead atoms. The lowest BCUT2D eigenvalue weighted by atomic mass is 9.70. The maximum Gasteiger partial charge on any atom is 0.302 e. The Labute approximate surface area is 114 Å². The van der Waals surface area contributed by atoms with Gasteiger partial charge >= 0.3 is 11.9 Å². The number of carbonyl (C=O) groups excluding carboxylic acids is 2. The lowest BCUT2D eigenvalue weighted by Crippen LogP contribution is -2.38. The minimum Gasteiger partial charge on any atom is -0.466 e. The quantitative estimate of drug-likeness (QED) is 0.734. The summed E-state index contributed by atoms with van der Waals surface area (Å²) in [5, 5.41) is 0. The van der Waals surface area contributed by atoms with E-state index in [-0.39, 0.29) is 11.9 Å². The van der Waals surface area contributed by atoms with Crippen LogP contribution >= 0.6 is 0 Å². The molecular formula is C15H24O4. The van der Waals surface area contributed by atoms with Crippen molar-refractivity contribution in [1.82, 2.24) is 0 Å². The Morgan fingerprint density at radius 1 is 0.895 bits per heavy atom. The van der Waals surface area contributed by atoms with Gasteiger partial charge in [-0.1, -0.05) is 13.8 Å². The van der Waals surface area contributed by atoms with E-state index < -0.39 is 0 Å². The number of hydrogen-bond donors (Lipinski definition) is 0. The smallest absolute Gasteiger partial charge is 0.302 e. The number of fused-ring (bicyclic) bond motifs is 2. The number of hydrogen-bond acceptors (Lipinski definition) is 4. The van der Waals surface area contributed by atoms with E-state index in [9.17, 15) is 9.59 Å². The van der Waals surface area contributed by atoms with Crippen molar-refractivity contribution >= 4 is 11.9 Å². The standard InChI is InChI=1S/C15H24O4/c1-8-9(2)13-5-12(8)14(6-18-10(3)16)15(13)7-19-11(4)17/h8-9,12-15H,5-7H2,1-4H3. The van der Waals surface area contributed by atoms with Gasteiger partial charge in [-0.25, -0.2) is 0 Å². The van der Waals surface area contributed by atoms with E-state index in [1.54, 1.807) is 0 Å². The first kappa shape index (κ1) is 14.4. The van der Waals surface area contributed by atoms with Gasteiger partial charge in [0.1, 0.15) is 0 Å². The molecule has 2 fully saturated rings. The summed E-state index contributed by atoms with van der Waals surface area (Å²) in [4.78, 5) is 22.0. The Morgan fingerprint density at radius 2 is 1.26 bits per heavy atom. The second kappa shape index (κ2) is 5.51. The molecule has 108 valence electrons. The van der Waals surface area contributed by atoms with Crippen LogP contribution in [0.1, 0.15) is 34.1 Å². The molecular weight excluding hydrogens is 244 g/mol. The Bertz CT molecular complexity index is 331. The topological polar surface area (TPSA) is 52.6 Å². The molecule has 2 rings (SSSR count). The van der Waals surface area contributed by atoms with Crippen molar-refractivity contribution in [3.8, 4) is 0 Å². The Morgan fingerprint density at radius 3 is 1.58 bits per heavy atom. The molecule has 6 atom stereocenters. The minimum absolute atomic E-state index is 0.227. The van der Waals surface area contributed by atoms with Gasteiger partial charge in [-0.05, 0) is 30.1 Å². The number of carbonyl (C=O) groups is 2. The average Bonchev–Trinajstić information content (AvgIpc) is 2.82. The third-order valence-electron chi connectivity index (χ3n) is 5.33. The SMILES string of the molecule is CC(=O)OCC1C2CC(C(C)C2C)C1COC(C)=O. The van der Waals surface area contributed by atoms with Crippen LogP contribution in [0, 0.1) is 35.5 Å². The highest BCUT2D eigenvalue weighted by Crippen LogP contribution is 2.58. The first-order valence-corrected chi connectivity index (χ1v) is 7.18. The predicted octanol–water partition coefficient (Wildman–Crippen LogP) is 2.27. The molecule has 0 aromatic rings. The van der Waals surface area contributed by atoms with Crippen LogP contribution in [0.2, 0.25) is 0 Å². The highest BCUT2D eigenvalue weighted by Gasteiger charge is 2.55.